The van der Waals surface area contributed by atoms with E-state index >= 15 is 0 Å². The number of rotatable bonds is 11. The third-order valence-electron chi connectivity index (χ3n) is 3.17. The van der Waals surface area contributed by atoms with Crippen molar-refractivity contribution in [3.63, 3.8) is 0 Å². The van der Waals surface area contributed by atoms with Crippen molar-refractivity contribution in [2.75, 3.05) is 47.1 Å². The molecule has 0 saturated carbocycles. The molecule has 26 heavy (non-hydrogen) atoms. The summed E-state index contributed by atoms with van der Waals surface area (Å²) < 4.78 is 51.6. The molecule has 1 aromatic rings. The summed E-state index contributed by atoms with van der Waals surface area (Å²) in [6.45, 7) is 1.54. The number of nitrogens with zero attached hydrogens (tertiary/aromatic N) is 1. The van der Waals surface area contributed by atoms with Crippen molar-refractivity contribution >= 4 is 5.96 Å². The van der Waals surface area contributed by atoms with Crippen molar-refractivity contribution < 1.29 is 27.4 Å². The Labute approximate surface area is 151 Å². The standard InChI is InChI=1S/C17H26F3N3O3/c1-21-16(22-7-4-8-25-10-9-24-2)23-12-14-5-3-6-15(11-14)26-13-17(18,19)20/h3,5-6,11H,4,7-10,12-13H2,1-2H3,(H2,21,22,23). The van der Waals surface area contributed by atoms with Crippen LogP contribution < -0.4 is 15.4 Å². The lowest BCUT2D eigenvalue weighted by molar-refractivity contribution is -0.153. The quantitative estimate of drug-likeness (QED) is 0.352. The summed E-state index contributed by atoms with van der Waals surface area (Å²) in [5.74, 6) is 0.779. The molecule has 0 fully saturated rings. The fourth-order valence-electron chi connectivity index (χ4n) is 1.94. The van der Waals surface area contributed by atoms with Gasteiger partial charge in [0, 0.05) is 33.9 Å². The first-order valence-corrected chi connectivity index (χ1v) is 8.24. The van der Waals surface area contributed by atoms with E-state index in [4.69, 9.17) is 14.2 Å². The van der Waals surface area contributed by atoms with Crippen LogP contribution in [-0.4, -0.2) is 59.3 Å². The number of alkyl halides is 3. The van der Waals surface area contributed by atoms with Crippen LogP contribution in [0.2, 0.25) is 0 Å². The van der Waals surface area contributed by atoms with Gasteiger partial charge in [0.15, 0.2) is 12.6 Å². The number of aliphatic imine (C=N–C) groups is 1. The summed E-state index contributed by atoms with van der Waals surface area (Å²) in [6.07, 6.45) is -3.54. The van der Waals surface area contributed by atoms with E-state index in [-0.39, 0.29) is 5.75 Å². The minimum Gasteiger partial charge on any atom is -0.484 e. The Morgan fingerprint density at radius 1 is 1.15 bits per heavy atom. The van der Waals surface area contributed by atoms with Crippen LogP contribution in [0.25, 0.3) is 0 Å². The molecule has 0 aliphatic rings. The van der Waals surface area contributed by atoms with Crippen molar-refractivity contribution in [2.45, 2.75) is 19.1 Å². The number of hydrogen-bond donors (Lipinski definition) is 2. The zero-order valence-electron chi connectivity index (χ0n) is 15.1. The Kier molecular flexibility index (Phi) is 10.5. The highest BCUT2D eigenvalue weighted by atomic mass is 19.4. The average Bonchev–Trinajstić information content (AvgIpc) is 2.61. The zero-order chi connectivity index (χ0) is 19.3. The van der Waals surface area contributed by atoms with Gasteiger partial charge in [0.2, 0.25) is 0 Å². The maximum absolute atomic E-state index is 12.2. The average molecular weight is 377 g/mol. The molecule has 0 aliphatic heterocycles. The molecule has 6 nitrogen and oxygen atoms in total. The molecule has 0 spiro atoms. The Morgan fingerprint density at radius 3 is 2.65 bits per heavy atom. The Hall–Kier alpha value is -2.00. The van der Waals surface area contributed by atoms with E-state index in [1.165, 1.54) is 6.07 Å². The normalized spacial score (nSPS) is 12.1. The van der Waals surface area contributed by atoms with Crippen LogP contribution in [0, 0.1) is 0 Å². The number of methoxy groups -OCH3 is 1. The lowest BCUT2D eigenvalue weighted by Crippen LogP contribution is -2.37. The van der Waals surface area contributed by atoms with E-state index in [1.54, 1.807) is 32.4 Å². The van der Waals surface area contributed by atoms with E-state index in [1.807, 2.05) is 0 Å². The molecule has 0 unspecified atom stereocenters. The molecule has 0 aromatic heterocycles. The largest absolute Gasteiger partial charge is 0.484 e. The number of halogens is 3. The number of guanidine groups is 1. The molecule has 0 radical (unpaired) electrons. The van der Waals surface area contributed by atoms with Crippen LogP contribution in [0.1, 0.15) is 12.0 Å². The summed E-state index contributed by atoms with van der Waals surface area (Å²) in [5.41, 5.74) is 0.788. The molecular weight excluding hydrogens is 351 g/mol. The van der Waals surface area contributed by atoms with Gasteiger partial charge in [-0.05, 0) is 24.1 Å². The molecule has 148 valence electrons. The molecule has 0 heterocycles. The van der Waals surface area contributed by atoms with Gasteiger partial charge in [-0.1, -0.05) is 12.1 Å². The molecule has 0 saturated heterocycles. The van der Waals surface area contributed by atoms with Gasteiger partial charge in [0.1, 0.15) is 5.75 Å². The monoisotopic (exact) mass is 377 g/mol. The van der Waals surface area contributed by atoms with Crippen molar-refractivity contribution in [1.29, 1.82) is 0 Å². The second-order valence-electron chi connectivity index (χ2n) is 5.36. The van der Waals surface area contributed by atoms with Gasteiger partial charge in [-0.15, -0.1) is 0 Å². The lowest BCUT2D eigenvalue weighted by atomic mass is 10.2. The molecule has 0 atom stereocenters. The van der Waals surface area contributed by atoms with Crippen molar-refractivity contribution in [3.05, 3.63) is 29.8 Å². The minimum absolute atomic E-state index is 0.178. The molecule has 9 heteroatoms. The summed E-state index contributed by atoms with van der Waals surface area (Å²) >= 11 is 0. The third-order valence-corrected chi connectivity index (χ3v) is 3.17. The number of nitrogens with one attached hydrogen (secondary N) is 2. The SMILES string of the molecule is CN=C(NCCCOCCOC)NCc1cccc(OCC(F)(F)F)c1. The van der Waals surface area contributed by atoms with Crippen molar-refractivity contribution in [1.82, 2.24) is 10.6 Å². The van der Waals surface area contributed by atoms with Crippen molar-refractivity contribution in [2.24, 2.45) is 4.99 Å². The molecule has 0 amide bonds. The summed E-state index contributed by atoms with van der Waals surface area (Å²) in [4.78, 5) is 4.09. The van der Waals surface area contributed by atoms with Crippen LogP contribution in [0.15, 0.2) is 29.3 Å². The highest BCUT2D eigenvalue weighted by molar-refractivity contribution is 5.79. The fourth-order valence-corrected chi connectivity index (χ4v) is 1.94. The molecule has 0 aliphatic carbocycles. The Morgan fingerprint density at radius 2 is 1.96 bits per heavy atom. The Balaban J connectivity index is 2.30. The molecule has 0 bridgehead atoms. The first-order chi connectivity index (χ1) is 12.4. The van der Waals surface area contributed by atoms with Crippen LogP contribution >= 0.6 is 0 Å². The van der Waals surface area contributed by atoms with Crippen LogP contribution in [0.4, 0.5) is 13.2 Å². The second kappa shape index (κ2) is 12.4. The molecule has 1 aromatic carbocycles. The van der Waals surface area contributed by atoms with Gasteiger partial charge in [-0.25, -0.2) is 0 Å². The van der Waals surface area contributed by atoms with E-state index in [0.717, 1.165) is 12.0 Å². The summed E-state index contributed by atoms with van der Waals surface area (Å²) in [7, 11) is 3.27. The number of ether oxygens (including phenoxy) is 3. The molecular formula is C17H26F3N3O3. The van der Waals surface area contributed by atoms with Crippen LogP contribution in [-0.2, 0) is 16.0 Å². The topological polar surface area (TPSA) is 64.1 Å². The van der Waals surface area contributed by atoms with E-state index in [9.17, 15) is 13.2 Å². The predicted molar refractivity (Wildman–Crippen MR) is 93.5 cm³/mol. The first kappa shape index (κ1) is 22.0. The van der Waals surface area contributed by atoms with Gasteiger partial charge in [0.05, 0.1) is 13.2 Å². The zero-order valence-corrected chi connectivity index (χ0v) is 15.1. The van der Waals surface area contributed by atoms with Crippen LogP contribution in [0.3, 0.4) is 0 Å². The third kappa shape index (κ3) is 10.8. The van der Waals surface area contributed by atoms with Gasteiger partial charge in [-0.3, -0.25) is 4.99 Å². The number of benzene rings is 1. The second-order valence-corrected chi connectivity index (χ2v) is 5.36. The van der Waals surface area contributed by atoms with E-state index in [0.29, 0.717) is 38.9 Å². The van der Waals surface area contributed by atoms with Crippen molar-refractivity contribution in [3.8, 4) is 5.75 Å². The number of hydrogen-bond acceptors (Lipinski definition) is 4. The summed E-state index contributed by atoms with van der Waals surface area (Å²) in [6, 6.07) is 6.50. The minimum atomic E-state index is -4.35. The summed E-state index contributed by atoms with van der Waals surface area (Å²) in [5, 5.41) is 6.23. The van der Waals surface area contributed by atoms with Gasteiger partial charge in [0.25, 0.3) is 0 Å². The van der Waals surface area contributed by atoms with Crippen LogP contribution in [0.5, 0.6) is 5.75 Å². The lowest BCUT2D eigenvalue weighted by Gasteiger charge is -2.13. The molecule has 1 rings (SSSR count). The smallest absolute Gasteiger partial charge is 0.422 e. The Bertz CT molecular complexity index is 539. The highest BCUT2D eigenvalue weighted by Gasteiger charge is 2.28. The van der Waals surface area contributed by atoms with Gasteiger partial charge < -0.3 is 24.8 Å². The first-order valence-electron chi connectivity index (χ1n) is 8.24. The van der Waals surface area contributed by atoms with E-state index in [2.05, 4.69) is 15.6 Å². The highest BCUT2D eigenvalue weighted by Crippen LogP contribution is 2.19. The molecule has 2 N–H and O–H groups in total. The predicted octanol–water partition coefficient (Wildman–Crippen LogP) is 2.35. The van der Waals surface area contributed by atoms with Gasteiger partial charge >= 0.3 is 6.18 Å². The maximum Gasteiger partial charge on any atom is 0.422 e. The van der Waals surface area contributed by atoms with E-state index < -0.39 is 12.8 Å². The fraction of sp³-hybridized carbons (Fsp3) is 0.588. The van der Waals surface area contributed by atoms with Gasteiger partial charge in [-0.2, -0.15) is 13.2 Å². The maximum atomic E-state index is 12.2.